The van der Waals surface area contributed by atoms with Gasteiger partial charge in [0.25, 0.3) is 0 Å². The molecule has 86 valence electrons. The molecule has 4 unspecified atom stereocenters. The molecule has 0 saturated carbocycles. The highest BCUT2D eigenvalue weighted by Gasteiger charge is 2.34. The van der Waals surface area contributed by atoms with Crippen molar-refractivity contribution in [1.29, 1.82) is 0 Å². The van der Waals surface area contributed by atoms with E-state index in [9.17, 15) is 19.8 Å². The molecule has 0 spiro atoms. The Morgan fingerprint density at radius 3 is 2.00 bits per heavy atom. The fourth-order valence-electron chi connectivity index (χ4n) is 0.976. The van der Waals surface area contributed by atoms with E-state index in [1.54, 1.807) is 0 Å². The number of aliphatic hydroxyl groups excluding tert-OH is 3. The molecule has 0 radical (unpaired) electrons. The first-order chi connectivity index (χ1) is 7.12. The summed E-state index contributed by atoms with van der Waals surface area (Å²) >= 11 is 0. The summed E-state index contributed by atoms with van der Waals surface area (Å²) in [5.74, 6) is 0. The molecule has 0 aromatic heterocycles. The van der Waals surface area contributed by atoms with Gasteiger partial charge in [-0.1, -0.05) is 15.5 Å². The van der Waals surface area contributed by atoms with Crippen LogP contribution in [0, 0.1) is 14.7 Å². The van der Waals surface area contributed by atoms with Crippen LogP contribution in [0.15, 0.2) is 15.5 Å². The maximum atomic E-state index is 10.3. The molecule has 0 aromatic carbocycles. The van der Waals surface area contributed by atoms with Gasteiger partial charge in [-0.05, 0) is 0 Å². The normalized spacial score (nSPS) is 18.6. The molecule has 0 aliphatic heterocycles. The topological polar surface area (TPSA) is 149 Å². The molecule has 0 bridgehead atoms. The number of rotatable bonds is 8. The molecular weight excluding hydrogens is 210 g/mol. The second kappa shape index (κ2) is 7.04. The summed E-state index contributed by atoms with van der Waals surface area (Å²) in [5, 5.41) is 34.1. The minimum absolute atomic E-state index is 0.648. The van der Waals surface area contributed by atoms with Gasteiger partial charge >= 0.3 is 0 Å². The molecule has 0 saturated heterocycles. The van der Waals surface area contributed by atoms with E-state index < -0.39 is 37.4 Å². The third-order valence-corrected chi connectivity index (χ3v) is 1.84. The zero-order valence-corrected chi connectivity index (χ0v) is 7.63. The van der Waals surface area contributed by atoms with Crippen LogP contribution in [0.2, 0.25) is 0 Å². The van der Waals surface area contributed by atoms with E-state index in [1.807, 2.05) is 0 Å². The van der Waals surface area contributed by atoms with Gasteiger partial charge in [0, 0.05) is 0 Å². The van der Waals surface area contributed by atoms with Gasteiger partial charge < -0.3 is 15.3 Å². The Morgan fingerprint density at radius 2 is 1.67 bits per heavy atom. The standard InChI is InChI=1S/C6H11N3O6/c10-2-3(8-14)6(12)5(9-15)4(11)1-7-13/h3-6,10-12H,1-2H2. The number of hydrogen-bond donors (Lipinski definition) is 3. The highest BCUT2D eigenvalue weighted by molar-refractivity contribution is 4.90. The molecule has 0 rings (SSSR count). The largest absolute Gasteiger partial charge is 0.394 e. The van der Waals surface area contributed by atoms with Gasteiger partial charge in [0.05, 0.1) is 6.61 Å². The lowest BCUT2D eigenvalue weighted by Crippen LogP contribution is -2.44. The third-order valence-electron chi connectivity index (χ3n) is 1.84. The van der Waals surface area contributed by atoms with E-state index in [0.29, 0.717) is 0 Å². The van der Waals surface area contributed by atoms with E-state index in [1.165, 1.54) is 0 Å². The van der Waals surface area contributed by atoms with Crippen LogP contribution < -0.4 is 0 Å². The Morgan fingerprint density at radius 1 is 1.07 bits per heavy atom. The SMILES string of the molecule is O=NCC(O)C(N=O)C(O)C(CO)N=O. The Labute approximate surface area is 84.0 Å². The van der Waals surface area contributed by atoms with Crippen LogP contribution in [0.3, 0.4) is 0 Å². The summed E-state index contributed by atoms with van der Waals surface area (Å²) in [5.41, 5.74) is 0. The summed E-state index contributed by atoms with van der Waals surface area (Å²) in [7, 11) is 0. The van der Waals surface area contributed by atoms with Crippen molar-refractivity contribution in [2.24, 2.45) is 15.5 Å². The Kier molecular flexibility index (Phi) is 6.42. The molecule has 0 amide bonds. The smallest absolute Gasteiger partial charge is 0.148 e. The predicted octanol–water partition coefficient (Wildman–Crippen LogP) is -1.26. The fourth-order valence-corrected chi connectivity index (χ4v) is 0.976. The van der Waals surface area contributed by atoms with E-state index in [2.05, 4.69) is 15.5 Å². The first-order valence-electron chi connectivity index (χ1n) is 4.03. The van der Waals surface area contributed by atoms with Crippen LogP contribution in [0.4, 0.5) is 0 Å². The van der Waals surface area contributed by atoms with Crippen LogP contribution in [0.1, 0.15) is 0 Å². The Bertz CT molecular complexity index is 225. The molecule has 0 aromatic rings. The zero-order chi connectivity index (χ0) is 11.8. The van der Waals surface area contributed by atoms with Crippen molar-refractivity contribution in [2.45, 2.75) is 24.3 Å². The van der Waals surface area contributed by atoms with Gasteiger partial charge in [-0.3, -0.25) is 0 Å². The number of hydrogen-bond acceptors (Lipinski definition) is 9. The maximum absolute atomic E-state index is 10.3. The van der Waals surface area contributed by atoms with Crippen LogP contribution in [-0.2, 0) is 0 Å². The average Bonchev–Trinajstić information content (AvgIpc) is 2.21. The number of nitroso groups, excluding NO2 is 3. The van der Waals surface area contributed by atoms with Crippen molar-refractivity contribution in [3.63, 3.8) is 0 Å². The lowest BCUT2D eigenvalue weighted by molar-refractivity contribution is 0.0330. The quantitative estimate of drug-likeness (QED) is 0.435. The van der Waals surface area contributed by atoms with Gasteiger partial charge in [0.2, 0.25) is 0 Å². The van der Waals surface area contributed by atoms with E-state index in [-0.39, 0.29) is 0 Å². The maximum Gasteiger partial charge on any atom is 0.148 e. The zero-order valence-electron chi connectivity index (χ0n) is 7.63. The first-order valence-corrected chi connectivity index (χ1v) is 4.03. The Balaban J connectivity index is 4.56. The second-order valence-corrected chi connectivity index (χ2v) is 2.82. The summed E-state index contributed by atoms with van der Waals surface area (Å²) in [6.45, 7) is -1.44. The summed E-state index contributed by atoms with van der Waals surface area (Å²) in [6.07, 6.45) is -3.35. The molecule has 0 aliphatic carbocycles. The van der Waals surface area contributed by atoms with E-state index in [4.69, 9.17) is 10.2 Å². The van der Waals surface area contributed by atoms with Crippen molar-refractivity contribution in [2.75, 3.05) is 13.2 Å². The highest BCUT2D eigenvalue weighted by atomic mass is 16.3. The second-order valence-electron chi connectivity index (χ2n) is 2.82. The molecule has 9 heteroatoms. The Hall–Kier alpha value is -1.32. The van der Waals surface area contributed by atoms with E-state index in [0.717, 1.165) is 0 Å². The van der Waals surface area contributed by atoms with E-state index >= 15 is 0 Å². The van der Waals surface area contributed by atoms with Crippen LogP contribution >= 0.6 is 0 Å². The average molecular weight is 221 g/mol. The predicted molar refractivity (Wildman–Crippen MR) is 48.9 cm³/mol. The molecule has 0 aliphatic rings. The van der Waals surface area contributed by atoms with Gasteiger partial charge in [0.15, 0.2) is 0 Å². The van der Waals surface area contributed by atoms with Crippen molar-refractivity contribution < 1.29 is 15.3 Å². The lowest BCUT2D eigenvalue weighted by atomic mass is 10.00. The summed E-state index contributed by atoms with van der Waals surface area (Å²) in [4.78, 5) is 30.2. The van der Waals surface area contributed by atoms with Crippen LogP contribution in [0.5, 0.6) is 0 Å². The van der Waals surface area contributed by atoms with Crippen LogP contribution in [0.25, 0.3) is 0 Å². The van der Waals surface area contributed by atoms with Gasteiger partial charge in [0.1, 0.15) is 30.8 Å². The summed E-state index contributed by atoms with van der Waals surface area (Å²) in [6, 6.07) is -3.11. The molecule has 4 atom stereocenters. The molecule has 3 N–H and O–H groups in total. The molecule has 0 heterocycles. The summed E-state index contributed by atoms with van der Waals surface area (Å²) < 4.78 is 0. The fraction of sp³-hybridized carbons (Fsp3) is 1.00. The minimum Gasteiger partial charge on any atom is -0.394 e. The first kappa shape index (κ1) is 13.7. The molecule has 9 nitrogen and oxygen atoms in total. The van der Waals surface area contributed by atoms with Crippen LogP contribution in [-0.4, -0.2) is 52.8 Å². The highest BCUT2D eigenvalue weighted by Crippen LogP contribution is 2.11. The number of nitrogens with zero attached hydrogens (tertiary/aromatic N) is 3. The molecule has 0 fully saturated rings. The molecular formula is C6H11N3O6. The van der Waals surface area contributed by atoms with Crippen molar-refractivity contribution in [3.8, 4) is 0 Å². The lowest BCUT2D eigenvalue weighted by Gasteiger charge is -2.21. The van der Waals surface area contributed by atoms with Gasteiger partial charge in [-0.15, -0.1) is 0 Å². The van der Waals surface area contributed by atoms with Crippen molar-refractivity contribution >= 4 is 0 Å². The molecule has 15 heavy (non-hydrogen) atoms. The van der Waals surface area contributed by atoms with Crippen molar-refractivity contribution in [3.05, 3.63) is 14.7 Å². The minimum atomic E-state index is -1.75. The van der Waals surface area contributed by atoms with Gasteiger partial charge in [-0.2, -0.15) is 14.7 Å². The van der Waals surface area contributed by atoms with Gasteiger partial charge in [-0.25, -0.2) is 0 Å². The third kappa shape index (κ3) is 3.73. The monoisotopic (exact) mass is 221 g/mol. The van der Waals surface area contributed by atoms with Crippen molar-refractivity contribution in [1.82, 2.24) is 0 Å². The number of aliphatic hydroxyl groups is 3.